The van der Waals surface area contributed by atoms with Crippen molar-refractivity contribution in [3.63, 3.8) is 0 Å². The van der Waals surface area contributed by atoms with Gasteiger partial charge >= 0.3 is 0 Å². The third kappa shape index (κ3) is 3.20. The van der Waals surface area contributed by atoms with E-state index in [4.69, 9.17) is 4.74 Å². The van der Waals surface area contributed by atoms with Crippen molar-refractivity contribution >= 4 is 5.78 Å². The third-order valence-electron chi connectivity index (χ3n) is 3.83. The highest BCUT2D eigenvalue weighted by atomic mass is 16.5. The van der Waals surface area contributed by atoms with Gasteiger partial charge in [0, 0.05) is 18.7 Å². The van der Waals surface area contributed by atoms with Gasteiger partial charge in [0.15, 0.2) is 5.78 Å². The molecule has 0 bridgehead atoms. The molecule has 1 atom stereocenters. The summed E-state index contributed by atoms with van der Waals surface area (Å²) in [4.78, 5) is 15.2. The monoisotopic (exact) mass is 281 g/mol. The summed E-state index contributed by atoms with van der Waals surface area (Å²) >= 11 is 0. The maximum Gasteiger partial charge on any atom is 0.184 e. The molecule has 1 aliphatic rings. The summed E-state index contributed by atoms with van der Waals surface area (Å²) in [5.74, 6) is 0.156. The van der Waals surface area contributed by atoms with Gasteiger partial charge in [0.05, 0.1) is 19.3 Å². The van der Waals surface area contributed by atoms with E-state index in [9.17, 15) is 4.79 Å². The lowest BCUT2D eigenvalue weighted by Crippen LogP contribution is -2.42. The molecule has 3 nitrogen and oxygen atoms in total. The fourth-order valence-corrected chi connectivity index (χ4v) is 2.76. The molecule has 1 saturated heterocycles. The Labute approximate surface area is 125 Å². The first-order chi connectivity index (χ1) is 10.4. The molecule has 108 valence electrons. The lowest BCUT2D eigenvalue weighted by atomic mass is 9.95. The largest absolute Gasteiger partial charge is 0.379 e. The molecular formula is C18H19NO2. The Morgan fingerprint density at radius 2 is 1.48 bits per heavy atom. The summed E-state index contributed by atoms with van der Waals surface area (Å²) < 4.78 is 5.42. The smallest absolute Gasteiger partial charge is 0.184 e. The van der Waals surface area contributed by atoms with Crippen LogP contribution < -0.4 is 0 Å². The number of rotatable bonds is 4. The number of carbonyl (C=O) groups is 1. The Bertz CT molecular complexity index is 577. The van der Waals surface area contributed by atoms with Crippen LogP contribution in [0.2, 0.25) is 0 Å². The molecule has 0 amide bonds. The predicted octanol–water partition coefficient (Wildman–Crippen LogP) is 2.94. The molecule has 0 saturated carbocycles. The van der Waals surface area contributed by atoms with E-state index in [1.54, 1.807) is 0 Å². The van der Waals surface area contributed by atoms with Gasteiger partial charge in [-0.25, -0.2) is 0 Å². The quantitative estimate of drug-likeness (QED) is 0.807. The topological polar surface area (TPSA) is 29.5 Å². The summed E-state index contributed by atoms with van der Waals surface area (Å²) in [5, 5.41) is 0. The summed E-state index contributed by atoms with van der Waals surface area (Å²) in [6, 6.07) is 19.3. The van der Waals surface area contributed by atoms with Gasteiger partial charge in [0.1, 0.15) is 0 Å². The molecule has 0 radical (unpaired) electrons. The van der Waals surface area contributed by atoms with E-state index in [1.807, 2.05) is 60.7 Å². The highest BCUT2D eigenvalue weighted by Crippen LogP contribution is 2.26. The van der Waals surface area contributed by atoms with Crippen LogP contribution in [-0.2, 0) is 4.74 Å². The lowest BCUT2D eigenvalue weighted by molar-refractivity contribution is 0.0172. The highest BCUT2D eigenvalue weighted by Gasteiger charge is 2.29. The molecule has 1 fully saturated rings. The normalized spacial score (nSPS) is 17.3. The molecule has 0 aromatic heterocycles. The Morgan fingerprint density at radius 1 is 0.905 bits per heavy atom. The Balaban J connectivity index is 1.94. The van der Waals surface area contributed by atoms with Gasteiger partial charge < -0.3 is 4.74 Å². The van der Waals surface area contributed by atoms with Gasteiger partial charge in [0.2, 0.25) is 0 Å². The fourth-order valence-electron chi connectivity index (χ4n) is 2.76. The number of morpholine rings is 1. The number of Topliss-reactive ketones (excluding diaryl/α,β-unsaturated/α-hetero) is 1. The van der Waals surface area contributed by atoms with Crippen molar-refractivity contribution in [3.05, 3.63) is 71.8 Å². The molecule has 0 spiro atoms. The second kappa shape index (κ2) is 6.66. The van der Waals surface area contributed by atoms with Gasteiger partial charge in [-0.2, -0.15) is 0 Å². The van der Waals surface area contributed by atoms with Crippen molar-refractivity contribution in [3.8, 4) is 0 Å². The van der Waals surface area contributed by atoms with E-state index in [0.29, 0.717) is 13.2 Å². The van der Waals surface area contributed by atoms with E-state index < -0.39 is 0 Å². The zero-order valence-corrected chi connectivity index (χ0v) is 11.9. The Kier molecular flexibility index (Phi) is 4.43. The van der Waals surface area contributed by atoms with Crippen molar-refractivity contribution in [2.45, 2.75) is 6.04 Å². The molecule has 2 aromatic rings. The second-order valence-electron chi connectivity index (χ2n) is 5.19. The summed E-state index contributed by atoms with van der Waals surface area (Å²) in [6.07, 6.45) is 0. The molecule has 1 heterocycles. The molecule has 1 aliphatic heterocycles. The summed E-state index contributed by atoms with van der Waals surface area (Å²) in [6.45, 7) is 2.95. The van der Waals surface area contributed by atoms with E-state index in [0.717, 1.165) is 24.2 Å². The van der Waals surface area contributed by atoms with Crippen LogP contribution in [0, 0.1) is 0 Å². The number of hydrogen-bond donors (Lipinski definition) is 0. The van der Waals surface area contributed by atoms with E-state index in [-0.39, 0.29) is 11.8 Å². The molecule has 2 aromatic carbocycles. The number of benzene rings is 2. The minimum atomic E-state index is -0.225. The van der Waals surface area contributed by atoms with Gasteiger partial charge in [-0.05, 0) is 5.56 Å². The predicted molar refractivity (Wildman–Crippen MR) is 82.3 cm³/mol. The maximum absolute atomic E-state index is 13.0. The van der Waals surface area contributed by atoms with E-state index in [2.05, 4.69) is 4.90 Å². The first kappa shape index (κ1) is 14.0. The van der Waals surface area contributed by atoms with Crippen LogP contribution in [0.5, 0.6) is 0 Å². The standard InChI is InChI=1S/C18H19NO2/c20-18(16-9-5-2-6-10-16)17(15-7-3-1-4-8-15)19-11-13-21-14-12-19/h1-10,17H,11-14H2/t17-/m0/s1. The molecule has 0 aliphatic carbocycles. The molecule has 0 unspecified atom stereocenters. The fraction of sp³-hybridized carbons (Fsp3) is 0.278. The zero-order valence-electron chi connectivity index (χ0n) is 11.9. The average Bonchev–Trinajstić information content (AvgIpc) is 2.58. The molecule has 3 heteroatoms. The van der Waals surface area contributed by atoms with Crippen molar-refractivity contribution in [1.29, 1.82) is 0 Å². The van der Waals surface area contributed by atoms with E-state index in [1.165, 1.54) is 0 Å². The molecule has 0 N–H and O–H groups in total. The summed E-state index contributed by atoms with van der Waals surface area (Å²) in [5.41, 5.74) is 1.81. The summed E-state index contributed by atoms with van der Waals surface area (Å²) in [7, 11) is 0. The van der Waals surface area contributed by atoms with E-state index >= 15 is 0 Å². The van der Waals surface area contributed by atoms with Crippen LogP contribution in [0.1, 0.15) is 22.0 Å². The van der Waals surface area contributed by atoms with Crippen LogP contribution in [0.25, 0.3) is 0 Å². The Morgan fingerprint density at radius 3 is 2.10 bits per heavy atom. The molecule has 3 rings (SSSR count). The van der Waals surface area contributed by atoms with Crippen LogP contribution in [-0.4, -0.2) is 37.0 Å². The number of ketones is 1. The molecular weight excluding hydrogens is 262 g/mol. The van der Waals surface area contributed by atoms with Gasteiger partial charge in [-0.3, -0.25) is 9.69 Å². The average molecular weight is 281 g/mol. The first-order valence-corrected chi connectivity index (χ1v) is 7.32. The molecule has 21 heavy (non-hydrogen) atoms. The second-order valence-corrected chi connectivity index (χ2v) is 5.19. The van der Waals surface area contributed by atoms with Crippen molar-refractivity contribution in [2.75, 3.05) is 26.3 Å². The SMILES string of the molecule is O=C(c1ccccc1)[C@H](c1ccccc1)N1CCOCC1. The lowest BCUT2D eigenvalue weighted by Gasteiger charge is -2.33. The number of nitrogens with zero attached hydrogens (tertiary/aromatic N) is 1. The van der Waals surface area contributed by atoms with Crippen LogP contribution in [0.4, 0.5) is 0 Å². The van der Waals surface area contributed by atoms with Crippen molar-refractivity contribution in [2.24, 2.45) is 0 Å². The number of carbonyl (C=O) groups excluding carboxylic acids is 1. The van der Waals surface area contributed by atoms with Gasteiger partial charge in [-0.1, -0.05) is 60.7 Å². The van der Waals surface area contributed by atoms with Crippen LogP contribution >= 0.6 is 0 Å². The van der Waals surface area contributed by atoms with Gasteiger partial charge in [-0.15, -0.1) is 0 Å². The third-order valence-corrected chi connectivity index (χ3v) is 3.83. The first-order valence-electron chi connectivity index (χ1n) is 7.32. The number of ether oxygens (including phenoxy) is 1. The zero-order chi connectivity index (χ0) is 14.5. The van der Waals surface area contributed by atoms with Crippen molar-refractivity contribution < 1.29 is 9.53 Å². The van der Waals surface area contributed by atoms with Crippen LogP contribution in [0.3, 0.4) is 0 Å². The maximum atomic E-state index is 13.0. The minimum Gasteiger partial charge on any atom is -0.379 e. The number of hydrogen-bond acceptors (Lipinski definition) is 3. The van der Waals surface area contributed by atoms with Crippen LogP contribution in [0.15, 0.2) is 60.7 Å². The minimum absolute atomic E-state index is 0.156. The highest BCUT2D eigenvalue weighted by molar-refractivity contribution is 6.00. The van der Waals surface area contributed by atoms with Crippen molar-refractivity contribution in [1.82, 2.24) is 4.90 Å². The Hall–Kier alpha value is -1.97. The van der Waals surface area contributed by atoms with Gasteiger partial charge in [0.25, 0.3) is 0 Å².